The first kappa shape index (κ1) is 12.8. The summed E-state index contributed by atoms with van der Waals surface area (Å²) >= 11 is 0. The van der Waals surface area contributed by atoms with E-state index in [4.69, 9.17) is 16.6 Å². The van der Waals surface area contributed by atoms with Crippen molar-refractivity contribution in [3.8, 4) is 5.75 Å². The molecule has 0 amide bonds. The van der Waals surface area contributed by atoms with Gasteiger partial charge in [0.1, 0.15) is 5.75 Å². The normalized spacial score (nSPS) is 9.41. The lowest BCUT2D eigenvalue weighted by Crippen LogP contribution is -2.06. The van der Waals surface area contributed by atoms with Crippen LogP contribution in [0.1, 0.15) is 0 Å². The maximum absolute atomic E-state index is 9.10. The van der Waals surface area contributed by atoms with E-state index in [2.05, 4.69) is 20.3 Å². The number of nitrogen functional groups attached to an aromatic ring is 2. The molecule has 0 unspecified atom stereocenters. The van der Waals surface area contributed by atoms with Gasteiger partial charge in [0.15, 0.2) is 0 Å². The number of hydrogen-bond acceptors (Lipinski definition) is 7. The fourth-order valence-electron chi connectivity index (χ4n) is 1.14. The molecule has 0 saturated carbocycles. The third-order valence-corrected chi connectivity index (χ3v) is 1.79. The Balaban J connectivity index is 0.00000144. The summed E-state index contributed by atoms with van der Waals surface area (Å²) in [5.41, 5.74) is 11.5. The van der Waals surface area contributed by atoms with Crippen LogP contribution in [0.2, 0.25) is 0 Å². The number of benzene rings is 1. The summed E-state index contributed by atoms with van der Waals surface area (Å²) < 4.78 is 0. The van der Waals surface area contributed by atoms with Gasteiger partial charge >= 0.3 is 0 Å². The van der Waals surface area contributed by atoms with E-state index >= 15 is 0 Å². The second-order valence-corrected chi connectivity index (χ2v) is 3.05. The van der Waals surface area contributed by atoms with Crippen molar-refractivity contribution in [2.75, 3.05) is 16.8 Å². The lowest BCUT2D eigenvalue weighted by molar-refractivity contribution is 0.475. The Morgan fingerprint density at radius 3 is 2.00 bits per heavy atom. The zero-order valence-electron chi connectivity index (χ0n) is 8.66. The third-order valence-electron chi connectivity index (χ3n) is 1.79. The summed E-state index contributed by atoms with van der Waals surface area (Å²) in [4.78, 5) is 11.4. The van der Waals surface area contributed by atoms with Crippen LogP contribution < -0.4 is 16.8 Å². The molecule has 0 bridgehead atoms. The highest BCUT2D eigenvalue weighted by Gasteiger charge is 2.01. The standard InChI is InChI=1S/C9H10N6O.ClH/c10-7-13-8(11)15-9(14-7)12-5-1-3-6(16)4-2-5;/h1-4,16H,(H5,10,11,12,13,14,15);1H. The first-order chi connectivity index (χ1) is 7.63. The first-order valence-electron chi connectivity index (χ1n) is 4.46. The number of phenolic OH excluding ortho intramolecular Hbond substituents is 1. The zero-order chi connectivity index (χ0) is 11.5. The monoisotopic (exact) mass is 254 g/mol. The summed E-state index contributed by atoms with van der Waals surface area (Å²) in [5.74, 6) is 0.540. The lowest BCUT2D eigenvalue weighted by atomic mass is 10.3. The van der Waals surface area contributed by atoms with Crippen LogP contribution in [0, 0.1) is 0 Å². The van der Waals surface area contributed by atoms with E-state index in [1.165, 1.54) is 12.1 Å². The highest BCUT2D eigenvalue weighted by atomic mass is 35.5. The molecule has 0 radical (unpaired) electrons. The number of halogens is 1. The molecule has 0 saturated heterocycles. The molecule has 1 aromatic heterocycles. The smallest absolute Gasteiger partial charge is 0.233 e. The number of phenols is 1. The summed E-state index contributed by atoms with van der Waals surface area (Å²) in [6.45, 7) is 0. The Bertz CT molecular complexity index is 483. The van der Waals surface area contributed by atoms with Crippen LogP contribution in [0.15, 0.2) is 24.3 Å². The SMILES string of the molecule is Cl.Nc1nc(N)nc(Nc2ccc(O)cc2)n1. The molecule has 90 valence electrons. The number of hydrogen-bond donors (Lipinski definition) is 4. The molecule has 1 aromatic carbocycles. The Labute approximate surface area is 103 Å². The van der Waals surface area contributed by atoms with Gasteiger partial charge in [-0.2, -0.15) is 15.0 Å². The van der Waals surface area contributed by atoms with E-state index in [0.29, 0.717) is 5.69 Å². The first-order valence-corrected chi connectivity index (χ1v) is 4.46. The molecule has 0 atom stereocenters. The topological polar surface area (TPSA) is 123 Å². The lowest BCUT2D eigenvalue weighted by Gasteiger charge is -2.05. The molecular weight excluding hydrogens is 244 g/mol. The van der Waals surface area contributed by atoms with Gasteiger partial charge in [-0.1, -0.05) is 0 Å². The van der Waals surface area contributed by atoms with E-state index in [9.17, 15) is 0 Å². The van der Waals surface area contributed by atoms with Crippen molar-refractivity contribution in [2.45, 2.75) is 0 Å². The van der Waals surface area contributed by atoms with Gasteiger partial charge < -0.3 is 21.9 Å². The van der Waals surface area contributed by atoms with E-state index in [1.54, 1.807) is 12.1 Å². The van der Waals surface area contributed by atoms with Crippen LogP contribution in [0.5, 0.6) is 5.75 Å². The molecule has 2 aromatic rings. The molecule has 1 heterocycles. The van der Waals surface area contributed by atoms with Gasteiger partial charge in [0.2, 0.25) is 17.8 Å². The fourth-order valence-corrected chi connectivity index (χ4v) is 1.14. The summed E-state index contributed by atoms with van der Waals surface area (Å²) in [7, 11) is 0. The minimum atomic E-state index is 0. The number of anilines is 4. The molecule has 0 aliphatic heterocycles. The Morgan fingerprint density at radius 2 is 1.47 bits per heavy atom. The second kappa shape index (κ2) is 5.17. The van der Waals surface area contributed by atoms with Gasteiger partial charge in [0, 0.05) is 5.69 Å². The van der Waals surface area contributed by atoms with E-state index in [1.807, 2.05) is 0 Å². The summed E-state index contributed by atoms with van der Waals surface area (Å²) in [5, 5.41) is 12.0. The van der Waals surface area contributed by atoms with Crippen LogP contribution in [-0.4, -0.2) is 20.1 Å². The van der Waals surface area contributed by atoms with Crippen molar-refractivity contribution in [2.24, 2.45) is 0 Å². The fraction of sp³-hybridized carbons (Fsp3) is 0. The number of aromatic nitrogens is 3. The van der Waals surface area contributed by atoms with Gasteiger partial charge in [-0.15, -0.1) is 12.4 Å². The second-order valence-electron chi connectivity index (χ2n) is 3.05. The van der Waals surface area contributed by atoms with Crippen LogP contribution >= 0.6 is 12.4 Å². The van der Waals surface area contributed by atoms with Gasteiger partial charge in [0.25, 0.3) is 0 Å². The predicted molar refractivity (Wildman–Crippen MR) is 67.3 cm³/mol. The van der Waals surface area contributed by atoms with Crippen molar-refractivity contribution in [3.63, 3.8) is 0 Å². The van der Waals surface area contributed by atoms with Gasteiger partial charge in [-0.3, -0.25) is 0 Å². The van der Waals surface area contributed by atoms with Crippen molar-refractivity contribution in [1.29, 1.82) is 0 Å². The van der Waals surface area contributed by atoms with Gasteiger partial charge in [0.05, 0.1) is 0 Å². The predicted octanol–water partition coefficient (Wildman–Crippen LogP) is 0.907. The quantitative estimate of drug-likeness (QED) is 0.587. The average Bonchev–Trinajstić information content (AvgIpc) is 2.20. The van der Waals surface area contributed by atoms with Crippen LogP contribution in [0.3, 0.4) is 0 Å². The van der Waals surface area contributed by atoms with Crippen LogP contribution in [0.25, 0.3) is 0 Å². The van der Waals surface area contributed by atoms with E-state index in [0.717, 1.165) is 0 Å². The average molecular weight is 255 g/mol. The maximum Gasteiger partial charge on any atom is 0.233 e. The molecule has 17 heavy (non-hydrogen) atoms. The molecule has 0 aliphatic rings. The van der Waals surface area contributed by atoms with E-state index in [-0.39, 0.29) is 36.0 Å². The minimum absolute atomic E-state index is 0. The highest BCUT2D eigenvalue weighted by Crippen LogP contribution is 2.17. The molecule has 0 fully saturated rings. The van der Waals surface area contributed by atoms with Crippen molar-refractivity contribution in [1.82, 2.24) is 15.0 Å². The number of aromatic hydroxyl groups is 1. The Kier molecular flexibility index (Phi) is 3.89. The number of nitrogens with two attached hydrogens (primary N) is 2. The number of nitrogens with one attached hydrogen (secondary N) is 1. The maximum atomic E-state index is 9.10. The molecule has 6 N–H and O–H groups in total. The number of rotatable bonds is 2. The minimum Gasteiger partial charge on any atom is -0.508 e. The van der Waals surface area contributed by atoms with Crippen LogP contribution in [0.4, 0.5) is 23.5 Å². The van der Waals surface area contributed by atoms with Crippen molar-refractivity contribution in [3.05, 3.63) is 24.3 Å². The van der Waals surface area contributed by atoms with Gasteiger partial charge in [-0.05, 0) is 24.3 Å². The molecular formula is C9H11ClN6O. The molecule has 8 heteroatoms. The molecule has 0 spiro atoms. The third kappa shape index (κ3) is 3.35. The number of nitrogens with zero attached hydrogens (tertiary/aromatic N) is 3. The molecule has 0 aliphatic carbocycles. The Hall–Kier alpha value is -2.28. The van der Waals surface area contributed by atoms with Gasteiger partial charge in [-0.25, -0.2) is 0 Å². The Morgan fingerprint density at radius 1 is 0.941 bits per heavy atom. The highest BCUT2D eigenvalue weighted by molar-refractivity contribution is 5.85. The summed E-state index contributed by atoms with van der Waals surface area (Å²) in [6, 6.07) is 6.42. The van der Waals surface area contributed by atoms with Crippen molar-refractivity contribution >= 4 is 35.9 Å². The summed E-state index contributed by atoms with van der Waals surface area (Å²) in [6.07, 6.45) is 0. The van der Waals surface area contributed by atoms with Crippen LogP contribution in [-0.2, 0) is 0 Å². The van der Waals surface area contributed by atoms with Crippen molar-refractivity contribution < 1.29 is 5.11 Å². The molecule has 7 nitrogen and oxygen atoms in total. The zero-order valence-corrected chi connectivity index (χ0v) is 9.48. The largest absolute Gasteiger partial charge is 0.508 e. The van der Waals surface area contributed by atoms with E-state index < -0.39 is 0 Å². The molecule has 2 rings (SSSR count).